The van der Waals surface area contributed by atoms with Crippen LogP contribution in [0.1, 0.15) is 50.0 Å². The SMILES string of the molecule is Cc1ccc(CNC(=O)CC2CCN(C(=O)c3nnc(C(=O)Nc4ccc(Cl)cc4)s3)CC2)cc1. The molecule has 0 atom stereocenters. The minimum absolute atomic E-state index is 0.0239. The van der Waals surface area contributed by atoms with Gasteiger partial charge in [-0.2, -0.15) is 0 Å². The average Bonchev–Trinajstić information content (AvgIpc) is 3.36. The van der Waals surface area contributed by atoms with Gasteiger partial charge in [0.1, 0.15) is 0 Å². The summed E-state index contributed by atoms with van der Waals surface area (Å²) in [4.78, 5) is 39.3. The molecule has 1 saturated heterocycles. The molecule has 0 bridgehead atoms. The first-order valence-corrected chi connectivity index (χ1v) is 12.6. The highest BCUT2D eigenvalue weighted by molar-refractivity contribution is 7.15. The first-order valence-electron chi connectivity index (χ1n) is 11.4. The van der Waals surface area contributed by atoms with E-state index in [0.717, 1.165) is 29.7 Å². The molecule has 0 unspecified atom stereocenters. The lowest BCUT2D eigenvalue weighted by molar-refractivity contribution is -0.122. The number of likely N-dealkylation sites (tertiary alicyclic amines) is 1. The Balaban J connectivity index is 1.22. The number of anilines is 1. The number of piperidine rings is 1. The summed E-state index contributed by atoms with van der Waals surface area (Å²) in [6, 6.07) is 14.8. The topological polar surface area (TPSA) is 104 Å². The van der Waals surface area contributed by atoms with Gasteiger partial charge in [0.15, 0.2) is 0 Å². The Morgan fingerprint density at radius 1 is 1.00 bits per heavy atom. The molecule has 1 aliphatic heterocycles. The van der Waals surface area contributed by atoms with Crippen molar-refractivity contribution in [2.45, 2.75) is 32.7 Å². The van der Waals surface area contributed by atoms with Crippen LogP contribution in [0.5, 0.6) is 0 Å². The number of hydrogen-bond donors (Lipinski definition) is 2. The number of carbonyl (C=O) groups excluding carboxylic acids is 3. The van der Waals surface area contributed by atoms with Crippen molar-refractivity contribution in [3.05, 3.63) is 74.7 Å². The minimum Gasteiger partial charge on any atom is -0.352 e. The van der Waals surface area contributed by atoms with Crippen LogP contribution in [0.2, 0.25) is 5.02 Å². The monoisotopic (exact) mass is 511 g/mol. The first-order chi connectivity index (χ1) is 16.9. The quantitative estimate of drug-likeness (QED) is 0.492. The predicted molar refractivity (Wildman–Crippen MR) is 136 cm³/mol. The normalized spacial score (nSPS) is 13.9. The number of hydrogen-bond acceptors (Lipinski definition) is 6. The van der Waals surface area contributed by atoms with Crippen LogP contribution in [-0.2, 0) is 11.3 Å². The van der Waals surface area contributed by atoms with Crippen LogP contribution in [0.3, 0.4) is 0 Å². The number of nitrogens with zero attached hydrogens (tertiary/aromatic N) is 3. The van der Waals surface area contributed by atoms with E-state index in [4.69, 9.17) is 11.6 Å². The molecule has 3 amide bonds. The van der Waals surface area contributed by atoms with Gasteiger partial charge in [0.25, 0.3) is 11.8 Å². The third kappa shape index (κ3) is 6.86. The van der Waals surface area contributed by atoms with Gasteiger partial charge in [0, 0.05) is 36.8 Å². The Kier molecular flexibility index (Phi) is 8.09. The number of carbonyl (C=O) groups is 3. The van der Waals surface area contributed by atoms with Gasteiger partial charge in [0.2, 0.25) is 15.9 Å². The fraction of sp³-hybridized carbons (Fsp3) is 0.320. The molecular weight excluding hydrogens is 486 g/mol. The van der Waals surface area contributed by atoms with Gasteiger partial charge >= 0.3 is 0 Å². The third-order valence-corrected chi connectivity index (χ3v) is 7.05. The lowest BCUT2D eigenvalue weighted by Crippen LogP contribution is -2.39. The fourth-order valence-electron chi connectivity index (χ4n) is 3.84. The molecular formula is C25H26ClN5O3S. The zero-order valence-electron chi connectivity index (χ0n) is 19.3. The number of rotatable bonds is 7. The molecule has 35 heavy (non-hydrogen) atoms. The second-order valence-electron chi connectivity index (χ2n) is 8.58. The van der Waals surface area contributed by atoms with Crippen molar-refractivity contribution in [3.8, 4) is 0 Å². The van der Waals surface area contributed by atoms with Crippen molar-refractivity contribution >= 4 is 46.3 Å². The average molecular weight is 512 g/mol. The zero-order valence-corrected chi connectivity index (χ0v) is 20.9. The van der Waals surface area contributed by atoms with Crippen molar-refractivity contribution in [3.63, 3.8) is 0 Å². The molecule has 8 nitrogen and oxygen atoms in total. The first kappa shape index (κ1) is 24.8. The number of amides is 3. The Hall–Kier alpha value is -3.30. The van der Waals surface area contributed by atoms with Crippen molar-refractivity contribution in [2.75, 3.05) is 18.4 Å². The number of aromatic nitrogens is 2. The maximum atomic E-state index is 12.9. The highest BCUT2D eigenvalue weighted by Gasteiger charge is 2.28. The maximum Gasteiger partial charge on any atom is 0.286 e. The molecule has 0 saturated carbocycles. The van der Waals surface area contributed by atoms with Crippen LogP contribution in [0.25, 0.3) is 0 Å². The zero-order chi connectivity index (χ0) is 24.8. The van der Waals surface area contributed by atoms with Crippen molar-refractivity contribution in [1.29, 1.82) is 0 Å². The molecule has 2 N–H and O–H groups in total. The van der Waals surface area contributed by atoms with Crippen LogP contribution in [0.4, 0.5) is 5.69 Å². The molecule has 182 valence electrons. The molecule has 1 fully saturated rings. The third-order valence-electron chi connectivity index (χ3n) is 5.89. The molecule has 0 spiro atoms. The second kappa shape index (κ2) is 11.4. The summed E-state index contributed by atoms with van der Waals surface area (Å²) in [5.41, 5.74) is 2.84. The summed E-state index contributed by atoms with van der Waals surface area (Å²) >= 11 is 6.82. The van der Waals surface area contributed by atoms with Crippen LogP contribution >= 0.6 is 22.9 Å². The smallest absolute Gasteiger partial charge is 0.286 e. The van der Waals surface area contributed by atoms with Crippen LogP contribution < -0.4 is 10.6 Å². The molecule has 2 heterocycles. The van der Waals surface area contributed by atoms with E-state index >= 15 is 0 Å². The highest BCUT2D eigenvalue weighted by atomic mass is 35.5. The van der Waals surface area contributed by atoms with Crippen LogP contribution in [-0.4, -0.2) is 45.9 Å². The van der Waals surface area contributed by atoms with Crippen molar-refractivity contribution < 1.29 is 14.4 Å². The molecule has 1 aliphatic rings. The van der Waals surface area contributed by atoms with Gasteiger partial charge in [-0.05, 0) is 55.5 Å². The van der Waals surface area contributed by atoms with Crippen LogP contribution in [0, 0.1) is 12.8 Å². The van der Waals surface area contributed by atoms with Gasteiger partial charge in [0.05, 0.1) is 0 Å². The predicted octanol–water partition coefficient (Wildman–Crippen LogP) is 4.31. The van der Waals surface area contributed by atoms with E-state index < -0.39 is 5.91 Å². The highest BCUT2D eigenvalue weighted by Crippen LogP contribution is 2.23. The molecule has 2 aromatic carbocycles. The number of halogens is 1. The summed E-state index contributed by atoms with van der Waals surface area (Å²) in [5, 5.41) is 14.4. The summed E-state index contributed by atoms with van der Waals surface area (Å²) in [6.07, 6.45) is 1.93. The van der Waals surface area contributed by atoms with E-state index in [-0.39, 0.29) is 27.7 Å². The van der Waals surface area contributed by atoms with Crippen LogP contribution in [0.15, 0.2) is 48.5 Å². The second-order valence-corrected chi connectivity index (χ2v) is 9.99. The lowest BCUT2D eigenvalue weighted by Gasteiger charge is -2.31. The number of nitrogens with one attached hydrogen (secondary N) is 2. The van der Waals surface area contributed by atoms with E-state index in [1.165, 1.54) is 5.56 Å². The van der Waals surface area contributed by atoms with Crippen molar-refractivity contribution in [1.82, 2.24) is 20.4 Å². The molecule has 3 aromatic rings. The van der Waals surface area contributed by atoms with Gasteiger partial charge in [-0.25, -0.2) is 0 Å². The Morgan fingerprint density at radius 2 is 1.66 bits per heavy atom. The maximum absolute atomic E-state index is 12.9. The summed E-state index contributed by atoms with van der Waals surface area (Å²) < 4.78 is 0. The Labute approximate surface area is 212 Å². The molecule has 4 rings (SSSR count). The lowest BCUT2D eigenvalue weighted by atomic mass is 9.93. The fourth-order valence-corrected chi connectivity index (χ4v) is 4.67. The standard InChI is InChI=1S/C25H26ClN5O3S/c1-16-2-4-18(5-3-16)15-27-21(32)14-17-10-12-31(13-11-17)25(34)24-30-29-23(35-24)22(33)28-20-8-6-19(26)7-9-20/h2-9,17H,10-15H2,1H3,(H,27,32)(H,28,33). The summed E-state index contributed by atoms with van der Waals surface area (Å²) in [6.45, 7) is 3.63. The largest absolute Gasteiger partial charge is 0.352 e. The van der Waals surface area contributed by atoms with Gasteiger partial charge in [-0.3, -0.25) is 14.4 Å². The number of aryl methyl sites for hydroxylation is 1. The molecule has 1 aromatic heterocycles. The Bertz CT molecular complexity index is 1190. The Morgan fingerprint density at radius 3 is 2.34 bits per heavy atom. The molecule has 10 heteroatoms. The van der Waals surface area contributed by atoms with Crippen molar-refractivity contribution in [2.24, 2.45) is 5.92 Å². The summed E-state index contributed by atoms with van der Waals surface area (Å²) in [7, 11) is 0. The van der Waals surface area contributed by atoms with E-state index in [1.54, 1.807) is 29.2 Å². The summed E-state index contributed by atoms with van der Waals surface area (Å²) in [5.74, 6) is -0.419. The van der Waals surface area contributed by atoms with Gasteiger partial charge in [-0.15, -0.1) is 10.2 Å². The number of benzene rings is 2. The van der Waals surface area contributed by atoms with E-state index in [9.17, 15) is 14.4 Å². The minimum atomic E-state index is -0.431. The van der Waals surface area contributed by atoms with E-state index in [2.05, 4.69) is 20.8 Å². The molecule has 0 aliphatic carbocycles. The van der Waals surface area contributed by atoms with E-state index in [1.807, 2.05) is 31.2 Å². The van der Waals surface area contributed by atoms with E-state index in [0.29, 0.717) is 36.8 Å². The molecule has 0 radical (unpaired) electrons. The van der Waals surface area contributed by atoms with Gasteiger partial charge < -0.3 is 15.5 Å². The van der Waals surface area contributed by atoms with Gasteiger partial charge in [-0.1, -0.05) is 52.8 Å².